The Bertz CT molecular complexity index is 1100. The molecule has 0 aliphatic heterocycles. The van der Waals surface area contributed by atoms with E-state index in [0.717, 1.165) is 6.07 Å². The topological polar surface area (TPSA) is 58.9 Å². The minimum absolute atomic E-state index is 0.0952. The highest BCUT2D eigenvalue weighted by Crippen LogP contribution is 2.39. The minimum Gasteiger partial charge on any atom is -0.276 e. The van der Waals surface area contributed by atoms with Crippen molar-refractivity contribution >= 4 is 28.2 Å². The number of benzene rings is 1. The molecule has 0 aliphatic carbocycles. The molecule has 3 heterocycles. The second-order valence-corrected chi connectivity index (χ2v) is 5.94. The number of aromatic nitrogens is 5. The van der Waals surface area contributed by atoms with Gasteiger partial charge in [-0.15, -0.1) is 0 Å². The zero-order chi connectivity index (χ0) is 17.8. The molecule has 0 bridgehead atoms. The largest absolute Gasteiger partial charge is 0.418 e. The molecule has 0 saturated heterocycles. The number of aryl methyl sites for hydroxylation is 1. The zero-order valence-corrected chi connectivity index (χ0v) is 13.7. The summed E-state index contributed by atoms with van der Waals surface area (Å²) < 4.78 is 42.0. The van der Waals surface area contributed by atoms with E-state index in [1.54, 1.807) is 6.07 Å². The van der Waals surface area contributed by atoms with Gasteiger partial charge in [0.1, 0.15) is 0 Å². The van der Waals surface area contributed by atoms with Crippen molar-refractivity contribution < 1.29 is 13.2 Å². The van der Waals surface area contributed by atoms with Crippen LogP contribution in [-0.2, 0) is 12.6 Å². The summed E-state index contributed by atoms with van der Waals surface area (Å²) in [5.74, 6) is 0.469. The lowest BCUT2D eigenvalue weighted by Gasteiger charge is -2.14. The molecule has 1 aromatic carbocycles. The third-order valence-electron chi connectivity index (χ3n) is 3.94. The number of alkyl halides is 3. The van der Waals surface area contributed by atoms with Gasteiger partial charge in [0.25, 0.3) is 0 Å². The summed E-state index contributed by atoms with van der Waals surface area (Å²) in [5.41, 5.74) is 0.320. The third-order valence-corrected chi connectivity index (χ3v) is 4.24. The fraction of sp³-hybridized carbons (Fsp3) is 0.188. The van der Waals surface area contributed by atoms with Gasteiger partial charge in [-0.3, -0.25) is 5.10 Å². The quantitative estimate of drug-likeness (QED) is 0.568. The predicted octanol–water partition coefficient (Wildman–Crippen LogP) is 4.51. The maximum Gasteiger partial charge on any atom is 0.418 e. The Balaban J connectivity index is 2.10. The van der Waals surface area contributed by atoms with Gasteiger partial charge in [0.15, 0.2) is 11.5 Å². The lowest BCUT2D eigenvalue weighted by molar-refractivity contribution is -0.137. The molecule has 128 valence electrons. The first kappa shape index (κ1) is 15.9. The van der Waals surface area contributed by atoms with E-state index in [2.05, 4.69) is 20.3 Å². The van der Waals surface area contributed by atoms with E-state index in [1.165, 1.54) is 22.8 Å². The van der Waals surface area contributed by atoms with Crippen molar-refractivity contribution in [1.29, 1.82) is 0 Å². The molecule has 0 amide bonds. The summed E-state index contributed by atoms with van der Waals surface area (Å²) in [5, 5.41) is 11.7. The monoisotopic (exact) mass is 365 g/mol. The molecule has 0 unspecified atom stereocenters. The number of rotatable bonds is 2. The van der Waals surface area contributed by atoms with Gasteiger partial charge in [-0.2, -0.15) is 23.4 Å². The molecular weight excluding hydrogens is 355 g/mol. The van der Waals surface area contributed by atoms with Crippen molar-refractivity contribution in [3.63, 3.8) is 0 Å². The van der Waals surface area contributed by atoms with Crippen molar-refractivity contribution in [3.05, 3.63) is 46.9 Å². The number of pyridine rings is 1. The fourth-order valence-electron chi connectivity index (χ4n) is 2.80. The SMILES string of the molecule is CCc1nc2ccc(C(F)(F)F)c(-c3cc(Cl)c4[nH]ncc4c3)n2n1. The number of halogens is 4. The number of aromatic amines is 1. The highest BCUT2D eigenvalue weighted by atomic mass is 35.5. The van der Waals surface area contributed by atoms with Crippen LogP contribution in [0.2, 0.25) is 5.02 Å². The molecule has 0 aliphatic rings. The van der Waals surface area contributed by atoms with Crippen LogP contribution < -0.4 is 0 Å². The van der Waals surface area contributed by atoms with Gasteiger partial charge in [-0.05, 0) is 24.3 Å². The number of nitrogens with one attached hydrogen (secondary N) is 1. The van der Waals surface area contributed by atoms with E-state index in [-0.39, 0.29) is 10.7 Å². The van der Waals surface area contributed by atoms with Crippen LogP contribution in [0.5, 0.6) is 0 Å². The first-order chi connectivity index (χ1) is 11.9. The molecule has 0 saturated carbocycles. The Kier molecular flexibility index (Phi) is 3.47. The van der Waals surface area contributed by atoms with Crippen LogP contribution in [0.3, 0.4) is 0 Å². The van der Waals surface area contributed by atoms with Gasteiger partial charge >= 0.3 is 6.18 Å². The summed E-state index contributed by atoms with van der Waals surface area (Å²) in [6.07, 6.45) is -2.51. The number of nitrogens with zero attached hydrogens (tertiary/aromatic N) is 4. The third kappa shape index (κ3) is 2.53. The average Bonchev–Trinajstić information content (AvgIpc) is 3.18. The van der Waals surface area contributed by atoms with Gasteiger partial charge in [0.2, 0.25) is 0 Å². The first-order valence-corrected chi connectivity index (χ1v) is 7.85. The molecule has 9 heteroatoms. The Morgan fingerprint density at radius 3 is 2.76 bits per heavy atom. The smallest absolute Gasteiger partial charge is 0.276 e. The minimum atomic E-state index is -4.54. The molecule has 5 nitrogen and oxygen atoms in total. The molecule has 0 atom stereocenters. The summed E-state index contributed by atoms with van der Waals surface area (Å²) in [4.78, 5) is 4.25. The summed E-state index contributed by atoms with van der Waals surface area (Å²) in [6.45, 7) is 1.84. The lowest BCUT2D eigenvalue weighted by Crippen LogP contribution is -2.11. The number of hydrogen-bond donors (Lipinski definition) is 1. The van der Waals surface area contributed by atoms with Crippen molar-refractivity contribution in [2.75, 3.05) is 0 Å². The highest BCUT2D eigenvalue weighted by molar-refractivity contribution is 6.35. The summed E-state index contributed by atoms with van der Waals surface area (Å²) >= 11 is 6.21. The van der Waals surface area contributed by atoms with Gasteiger partial charge in [0, 0.05) is 17.4 Å². The fourth-order valence-corrected chi connectivity index (χ4v) is 3.07. The second-order valence-electron chi connectivity index (χ2n) is 5.54. The number of hydrogen-bond acceptors (Lipinski definition) is 3. The van der Waals surface area contributed by atoms with Crippen molar-refractivity contribution in [3.8, 4) is 11.3 Å². The van der Waals surface area contributed by atoms with Crippen molar-refractivity contribution in [1.82, 2.24) is 24.8 Å². The van der Waals surface area contributed by atoms with Crippen LogP contribution in [0.15, 0.2) is 30.5 Å². The molecule has 3 aromatic heterocycles. The maximum absolute atomic E-state index is 13.6. The van der Waals surface area contributed by atoms with E-state index in [9.17, 15) is 13.2 Å². The highest BCUT2D eigenvalue weighted by Gasteiger charge is 2.35. The Morgan fingerprint density at radius 1 is 1.24 bits per heavy atom. The standard InChI is InChI=1S/C16H11ClF3N5/c1-2-12-22-13-4-3-10(16(18,19)20)15(25(13)24-12)8-5-9-7-21-23-14(9)11(17)6-8/h3-7H,2H2,1H3,(H,21,23). The Hall–Kier alpha value is -2.61. The lowest BCUT2D eigenvalue weighted by atomic mass is 10.0. The molecule has 1 N–H and O–H groups in total. The first-order valence-electron chi connectivity index (χ1n) is 7.47. The summed E-state index contributed by atoms with van der Waals surface area (Å²) in [7, 11) is 0. The van der Waals surface area contributed by atoms with Gasteiger partial charge in [-0.25, -0.2) is 9.50 Å². The van der Waals surface area contributed by atoms with Crippen molar-refractivity contribution in [2.45, 2.75) is 19.5 Å². The van der Waals surface area contributed by atoms with Crippen LogP contribution in [-0.4, -0.2) is 24.8 Å². The van der Waals surface area contributed by atoms with Crippen LogP contribution in [0, 0.1) is 0 Å². The van der Waals surface area contributed by atoms with Crippen LogP contribution >= 0.6 is 11.6 Å². The van der Waals surface area contributed by atoms with Crippen LogP contribution in [0.4, 0.5) is 13.2 Å². The van der Waals surface area contributed by atoms with Crippen LogP contribution in [0.1, 0.15) is 18.3 Å². The number of H-pyrrole nitrogens is 1. The normalized spacial score (nSPS) is 12.4. The molecule has 0 spiro atoms. The molecule has 4 rings (SSSR count). The Labute approximate surface area is 144 Å². The van der Waals surface area contributed by atoms with Crippen molar-refractivity contribution in [2.24, 2.45) is 0 Å². The summed E-state index contributed by atoms with van der Waals surface area (Å²) in [6, 6.07) is 5.41. The van der Waals surface area contributed by atoms with Gasteiger partial charge in [0.05, 0.1) is 28.0 Å². The molecule has 0 radical (unpaired) electrons. The zero-order valence-electron chi connectivity index (χ0n) is 12.9. The van der Waals surface area contributed by atoms with Gasteiger partial charge < -0.3 is 0 Å². The van der Waals surface area contributed by atoms with Gasteiger partial charge in [-0.1, -0.05) is 18.5 Å². The molecule has 4 aromatic rings. The average molecular weight is 366 g/mol. The Morgan fingerprint density at radius 2 is 2.04 bits per heavy atom. The number of fused-ring (bicyclic) bond motifs is 2. The predicted molar refractivity (Wildman–Crippen MR) is 87.5 cm³/mol. The van der Waals surface area contributed by atoms with E-state index >= 15 is 0 Å². The van der Waals surface area contributed by atoms with E-state index in [4.69, 9.17) is 11.6 Å². The van der Waals surface area contributed by atoms with E-state index in [0.29, 0.717) is 34.4 Å². The molecule has 25 heavy (non-hydrogen) atoms. The molecular formula is C16H11ClF3N5. The van der Waals surface area contributed by atoms with Crippen LogP contribution in [0.25, 0.3) is 27.8 Å². The second kappa shape index (κ2) is 5.45. The molecule has 0 fully saturated rings. The van der Waals surface area contributed by atoms with E-state index in [1.807, 2.05) is 6.92 Å². The van der Waals surface area contributed by atoms with E-state index < -0.39 is 11.7 Å². The maximum atomic E-state index is 13.6.